The predicted molar refractivity (Wildman–Crippen MR) is 118 cm³/mol. The van der Waals surface area contributed by atoms with E-state index in [4.69, 9.17) is 4.74 Å². The van der Waals surface area contributed by atoms with Crippen LogP contribution in [0.4, 0.5) is 5.69 Å². The first-order chi connectivity index (χ1) is 15.0. The van der Waals surface area contributed by atoms with Crippen molar-refractivity contribution in [2.45, 2.75) is 19.4 Å². The maximum Gasteiger partial charge on any atom is 0.311 e. The summed E-state index contributed by atoms with van der Waals surface area (Å²) in [6.07, 6.45) is 0.0995. The van der Waals surface area contributed by atoms with Gasteiger partial charge in [0.15, 0.2) is 6.61 Å². The molecule has 0 aliphatic carbocycles. The van der Waals surface area contributed by atoms with Gasteiger partial charge in [0.25, 0.3) is 5.91 Å². The Balaban J connectivity index is 1.30. The molecule has 0 unspecified atom stereocenters. The topological polar surface area (TPSA) is 75.7 Å². The fourth-order valence-corrected chi connectivity index (χ4v) is 3.89. The maximum absolute atomic E-state index is 12.4. The molecule has 1 N–H and O–H groups in total. The van der Waals surface area contributed by atoms with Crippen molar-refractivity contribution >= 4 is 34.2 Å². The SMILES string of the molecule is C[C@@H](c1ccccc1)N1C[C@@H](C(=O)OCC(=O)Nc2ccc3ccccc3c2)CC1=O. The van der Waals surface area contributed by atoms with E-state index in [1.54, 1.807) is 11.0 Å². The van der Waals surface area contributed by atoms with Crippen molar-refractivity contribution in [2.24, 2.45) is 5.92 Å². The number of nitrogens with zero attached hydrogens (tertiary/aromatic N) is 1. The third-order valence-electron chi connectivity index (χ3n) is 5.62. The number of hydrogen-bond acceptors (Lipinski definition) is 4. The molecule has 0 aromatic heterocycles. The molecule has 1 fully saturated rings. The van der Waals surface area contributed by atoms with E-state index in [2.05, 4.69) is 5.32 Å². The van der Waals surface area contributed by atoms with Crippen LogP contribution in [0.3, 0.4) is 0 Å². The molecule has 31 heavy (non-hydrogen) atoms. The lowest BCUT2D eigenvalue weighted by molar-refractivity contribution is -0.151. The summed E-state index contributed by atoms with van der Waals surface area (Å²) >= 11 is 0. The number of likely N-dealkylation sites (tertiary alicyclic amines) is 1. The molecular weight excluding hydrogens is 392 g/mol. The highest BCUT2D eigenvalue weighted by Crippen LogP contribution is 2.29. The third kappa shape index (κ3) is 4.74. The molecule has 4 rings (SSSR count). The van der Waals surface area contributed by atoms with Crippen molar-refractivity contribution in [2.75, 3.05) is 18.5 Å². The normalized spacial score (nSPS) is 16.9. The Kier molecular flexibility index (Phi) is 5.98. The van der Waals surface area contributed by atoms with E-state index in [1.165, 1.54) is 0 Å². The van der Waals surface area contributed by atoms with Crippen molar-refractivity contribution in [1.29, 1.82) is 0 Å². The molecule has 1 aliphatic rings. The van der Waals surface area contributed by atoms with Gasteiger partial charge in [-0.3, -0.25) is 14.4 Å². The van der Waals surface area contributed by atoms with E-state index in [0.29, 0.717) is 12.2 Å². The lowest BCUT2D eigenvalue weighted by Crippen LogP contribution is -2.30. The van der Waals surface area contributed by atoms with Crippen molar-refractivity contribution < 1.29 is 19.1 Å². The number of fused-ring (bicyclic) bond motifs is 1. The molecule has 6 heteroatoms. The van der Waals surface area contributed by atoms with Crippen LogP contribution >= 0.6 is 0 Å². The Morgan fingerprint density at radius 3 is 2.52 bits per heavy atom. The number of esters is 1. The van der Waals surface area contributed by atoms with Gasteiger partial charge >= 0.3 is 5.97 Å². The average molecular weight is 416 g/mol. The minimum absolute atomic E-state index is 0.0843. The van der Waals surface area contributed by atoms with Gasteiger partial charge in [0, 0.05) is 18.7 Å². The molecule has 0 saturated carbocycles. The van der Waals surface area contributed by atoms with E-state index in [1.807, 2.05) is 73.7 Å². The summed E-state index contributed by atoms with van der Waals surface area (Å²) in [6, 6.07) is 23.0. The monoisotopic (exact) mass is 416 g/mol. The van der Waals surface area contributed by atoms with Crippen LogP contribution in [0.5, 0.6) is 0 Å². The molecule has 3 aromatic rings. The number of amides is 2. The summed E-state index contributed by atoms with van der Waals surface area (Å²) in [4.78, 5) is 38.8. The first kappa shape index (κ1) is 20.6. The number of rotatable bonds is 6. The van der Waals surface area contributed by atoms with Crippen LogP contribution in [0.25, 0.3) is 10.8 Å². The minimum atomic E-state index is -0.563. The molecule has 2 atom stereocenters. The molecule has 3 aromatic carbocycles. The standard InChI is InChI=1S/C25H24N2O4/c1-17(18-7-3-2-4-8-18)27-15-21(14-24(27)29)25(30)31-16-23(28)26-22-12-11-19-9-5-6-10-20(19)13-22/h2-13,17,21H,14-16H2,1H3,(H,26,28)/t17-,21-/m0/s1. The zero-order valence-electron chi connectivity index (χ0n) is 17.3. The van der Waals surface area contributed by atoms with Gasteiger partial charge < -0.3 is 15.0 Å². The van der Waals surface area contributed by atoms with Crippen molar-refractivity contribution in [3.05, 3.63) is 78.4 Å². The second-order valence-electron chi connectivity index (χ2n) is 7.75. The highest BCUT2D eigenvalue weighted by atomic mass is 16.5. The molecule has 1 saturated heterocycles. The van der Waals surface area contributed by atoms with Crippen molar-refractivity contribution in [1.82, 2.24) is 4.90 Å². The van der Waals surface area contributed by atoms with Crippen LogP contribution < -0.4 is 5.32 Å². The maximum atomic E-state index is 12.4. The second kappa shape index (κ2) is 9.00. The quantitative estimate of drug-likeness (QED) is 0.618. The van der Waals surface area contributed by atoms with E-state index in [-0.39, 0.29) is 25.0 Å². The Morgan fingerprint density at radius 2 is 1.74 bits per heavy atom. The lowest BCUT2D eigenvalue weighted by atomic mass is 10.1. The summed E-state index contributed by atoms with van der Waals surface area (Å²) in [5.41, 5.74) is 1.65. The summed E-state index contributed by atoms with van der Waals surface area (Å²) in [6.45, 7) is 1.85. The Bertz CT molecular complexity index is 1110. The van der Waals surface area contributed by atoms with Gasteiger partial charge in [-0.15, -0.1) is 0 Å². The van der Waals surface area contributed by atoms with Crippen molar-refractivity contribution in [3.8, 4) is 0 Å². The van der Waals surface area contributed by atoms with E-state index < -0.39 is 17.8 Å². The molecule has 1 heterocycles. The lowest BCUT2D eigenvalue weighted by Gasteiger charge is -2.25. The first-order valence-corrected chi connectivity index (χ1v) is 10.3. The number of benzene rings is 3. The van der Waals surface area contributed by atoms with Crippen LogP contribution in [-0.2, 0) is 19.1 Å². The number of ether oxygens (including phenoxy) is 1. The van der Waals surface area contributed by atoms with Gasteiger partial charge in [-0.1, -0.05) is 60.7 Å². The van der Waals surface area contributed by atoms with Crippen LogP contribution in [0, 0.1) is 5.92 Å². The largest absolute Gasteiger partial charge is 0.455 e. The highest BCUT2D eigenvalue weighted by molar-refractivity contribution is 5.96. The molecule has 0 radical (unpaired) electrons. The third-order valence-corrected chi connectivity index (χ3v) is 5.62. The first-order valence-electron chi connectivity index (χ1n) is 10.3. The van der Waals surface area contributed by atoms with E-state index >= 15 is 0 Å². The Hall–Kier alpha value is -3.67. The second-order valence-corrected chi connectivity index (χ2v) is 7.75. The number of carbonyl (C=O) groups is 3. The highest BCUT2D eigenvalue weighted by Gasteiger charge is 2.38. The van der Waals surface area contributed by atoms with Crippen LogP contribution in [0.15, 0.2) is 72.8 Å². The zero-order valence-corrected chi connectivity index (χ0v) is 17.3. The number of nitrogens with one attached hydrogen (secondary N) is 1. The smallest absolute Gasteiger partial charge is 0.311 e. The Labute approximate surface area is 180 Å². The fourth-order valence-electron chi connectivity index (χ4n) is 3.89. The fraction of sp³-hybridized carbons (Fsp3) is 0.240. The molecule has 6 nitrogen and oxygen atoms in total. The van der Waals surface area contributed by atoms with Crippen LogP contribution in [0.2, 0.25) is 0 Å². The van der Waals surface area contributed by atoms with Crippen LogP contribution in [0.1, 0.15) is 24.9 Å². The van der Waals surface area contributed by atoms with Gasteiger partial charge in [-0.25, -0.2) is 0 Å². The molecule has 0 spiro atoms. The summed E-state index contributed by atoms with van der Waals surface area (Å²) < 4.78 is 5.20. The Morgan fingerprint density at radius 1 is 1.03 bits per heavy atom. The summed E-state index contributed by atoms with van der Waals surface area (Å²) in [5.74, 6) is -1.58. The number of hydrogen-bond donors (Lipinski definition) is 1. The molecule has 158 valence electrons. The molecular formula is C25H24N2O4. The van der Waals surface area contributed by atoms with E-state index in [9.17, 15) is 14.4 Å². The van der Waals surface area contributed by atoms with E-state index in [0.717, 1.165) is 16.3 Å². The van der Waals surface area contributed by atoms with Gasteiger partial charge in [-0.2, -0.15) is 0 Å². The van der Waals surface area contributed by atoms with Gasteiger partial charge in [-0.05, 0) is 35.4 Å². The number of carbonyl (C=O) groups excluding carboxylic acids is 3. The number of anilines is 1. The average Bonchev–Trinajstić information content (AvgIpc) is 3.19. The van der Waals surface area contributed by atoms with Gasteiger partial charge in [0.2, 0.25) is 5.91 Å². The van der Waals surface area contributed by atoms with Gasteiger partial charge in [0.05, 0.1) is 12.0 Å². The summed E-state index contributed by atoms with van der Waals surface area (Å²) in [5, 5.41) is 4.83. The summed E-state index contributed by atoms with van der Waals surface area (Å²) in [7, 11) is 0. The molecule has 1 aliphatic heterocycles. The van der Waals surface area contributed by atoms with Crippen LogP contribution in [-0.4, -0.2) is 35.8 Å². The molecule has 0 bridgehead atoms. The predicted octanol–water partition coefficient (Wildman–Crippen LogP) is 3.93. The van der Waals surface area contributed by atoms with Gasteiger partial charge in [0.1, 0.15) is 0 Å². The minimum Gasteiger partial charge on any atom is -0.455 e. The molecule has 2 amide bonds. The van der Waals surface area contributed by atoms with Crippen molar-refractivity contribution in [3.63, 3.8) is 0 Å². The zero-order chi connectivity index (χ0) is 21.8.